The van der Waals surface area contributed by atoms with Gasteiger partial charge in [0, 0.05) is 5.54 Å². The van der Waals surface area contributed by atoms with E-state index >= 15 is 0 Å². The van der Waals surface area contributed by atoms with Crippen LogP contribution in [0, 0.1) is 5.92 Å². The number of carboxylic acid groups (broad SMARTS) is 1. The summed E-state index contributed by atoms with van der Waals surface area (Å²) in [6.07, 6.45) is 2.30. The zero-order valence-electron chi connectivity index (χ0n) is 10.5. The predicted molar refractivity (Wildman–Crippen MR) is 66.4 cm³/mol. The molecule has 0 amide bonds. The normalized spacial score (nSPS) is 15.9. The van der Waals surface area contributed by atoms with Gasteiger partial charge in [-0.1, -0.05) is 11.8 Å². The molecule has 2 rings (SSSR count). The lowest BCUT2D eigenvalue weighted by Crippen LogP contribution is -2.31. The molecule has 0 radical (unpaired) electrons. The molecular formula is C11H17N3O3S. The van der Waals surface area contributed by atoms with Gasteiger partial charge in [0.15, 0.2) is 11.0 Å². The average Bonchev–Trinajstić information content (AvgIpc) is 3.07. The van der Waals surface area contributed by atoms with E-state index in [0.717, 1.165) is 24.6 Å². The molecule has 1 saturated carbocycles. The lowest BCUT2D eigenvalue weighted by atomic mass is 9.98. The lowest BCUT2D eigenvalue weighted by Gasteiger charge is -2.29. The van der Waals surface area contributed by atoms with Gasteiger partial charge in [-0.3, -0.25) is 9.36 Å². The summed E-state index contributed by atoms with van der Waals surface area (Å²) in [6, 6.07) is 0. The predicted octanol–water partition coefficient (Wildman–Crippen LogP) is 1.09. The van der Waals surface area contributed by atoms with Crippen LogP contribution in [-0.2, 0) is 16.9 Å². The van der Waals surface area contributed by atoms with Crippen molar-refractivity contribution in [2.24, 2.45) is 5.92 Å². The summed E-state index contributed by atoms with van der Waals surface area (Å²) in [5, 5.41) is 26.5. The van der Waals surface area contributed by atoms with E-state index in [9.17, 15) is 9.90 Å². The van der Waals surface area contributed by atoms with Crippen LogP contribution in [0.25, 0.3) is 0 Å². The number of aliphatic hydroxyl groups is 1. The monoisotopic (exact) mass is 271 g/mol. The van der Waals surface area contributed by atoms with Crippen LogP contribution in [0.2, 0.25) is 0 Å². The van der Waals surface area contributed by atoms with Gasteiger partial charge in [-0.2, -0.15) is 0 Å². The first-order valence-electron chi connectivity index (χ1n) is 5.87. The zero-order chi connectivity index (χ0) is 13.3. The van der Waals surface area contributed by atoms with E-state index < -0.39 is 5.97 Å². The third-order valence-electron chi connectivity index (χ3n) is 3.32. The van der Waals surface area contributed by atoms with E-state index in [0.29, 0.717) is 16.9 Å². The fourth-order valence-corrected chi connectivity index (χ4v) is 2.99. The molecule has 1 fully saturated rings. The number of carbonyl (C=O) groups is 1. The molecule has 2 N–H and O–H groups in total. The Kier molecular flexibility index (Phi) is 3.63. The molecule has 7 heteroatoms. The number of hydrogen-bond acceptors (Lipinski definition) is 5. The van der Waals surface area contributed by atoms with Crippen LogP contribution in [0.4, 0.5) is 0 Å². The number of hydrogen-bond donors (Lipinski definition) is 2. The molecule has 0 aromatic carbocycles. The minimum Gasteiger partial charge on any atom is -0.481 e. The molecule has 1 aromatic rings. The fourth-order valence-electron chi connectivity index (χ4n) is 2.17. The molecule has 1 aliphatic carbocycles. The number of rotatable bonds is 6. The van der Waals surface area contributed by atoms with Crippen molar-refractivity contribution in [1.82, 2.24) is 14.8 Å². The van der Waals surface area contributed by atoms with Crippen molar-refractivity contribution >= 4 is 17.7 Å². The van der Waals surface area contributed by atoms with Crippen molar-refractivity contribution in [3.05, 3.63) is 5.82 Å². The molecule has 18 heavy (non-hydrogen) atoms. The summed E-state index contributed by atoms with van der Waals surface area (Å²) >= 11 is 1.14. The van der Waals surface area contributed by atoms with Crippen molar-refractivity contribution in [3.8, 4) is 0 Å². The smallest absolute Gasteiger partial charge is 0.313 e. The van der Waals surface area contributed by atoms with Crippen molar-refractivity contribution in [1.29, 1.82) is 0 Å². The Morgan fingerprint density at radius 3 is 2.67 bits per heavy atom. The van der Waals surface area contributed by atoms with E-state index in [2.05, 4.69) is 24.0 Å². The summed E-state index contributed by atoms with van der Waals surface area (Å²) in [6.45, 7) is 3.98. The zero-order valence-corrected chi connectivity index (χ0v) is 11.3. The highest BCUT2D eigenvalue weighted by Gasteiger charge is 2.41. The number of thioether (sulfide) groups is 1. The number of nitrogens with zero attached hydrogens (tertiary/aromatic N) is 3. The molecule has 0 unspecified atom stereocenters. The first kappa shape index (κ1) is 13.4. The molecule has 1 aromatic heterocycles. The van der Waals surface area contributed by atoms with Crippen LogP contribution in [0.1, 0.15) is 32.5 Å². The first-order chi connectivity index (χ1) is 8.46. The Bertz CT molecular complexity index is 454. The van der Waals surface area contributed by atoms with Crippen LogP contribution >= 0.6 is 11.8 Å². The minimum absolute atomic E-state index is 0.0513. The van der Waals surface area contributed by atoms with Gasteiger partial charge in [0.05, 0.1) is 5.75 Å². The summed E-state index contributed by atoms with van der Waals surface area (Å²) < 4.78 is 1.89. The highest BCUT2D eigenvalue weighted by Crippen LogP contribution is 2.45. The first-order valence-corrected chi connectivity index (χ1v) is 6.85. The maximum Gasteiger partial charge on any atom is 0.313 e. The summed E-state index contributed by atoms with van der Waals surface area (Å²) in [5.74, 6) is 0.108. The van der Waals surface area contributed by atoms with Crippen LogP contribution in [0.5, 0.6) is 0 Å². The average molecular weight is 271 g/mol. The molecule has 6 nitrogen and oxygen atoms in total. The van der Waals surface area contributed by atoms with Gasteiger partial charge in [-0.15, -0.1) is 10.2 Å². The molecule has 0 atom stereocenters. The minimum atomic E-state index is -0.885. The number of aromatic nitrogens is 3. The Labute approximate surface area is 109 Å². The van der Waals surface area contributed by atoms with E-state index in [-0.39, 0.29) is 17.9 Å². The van der Waals surface area contributed by atoms with Crippen molar-refractivity contribution in [3.63, 3.8) is 0 Å². The third kappa shape index (κ3) is 2.51. The van der Waals surface area contributed by atoms with E-state index in [1.807, 2.05) is 4.57 Å². The highest BCUT2D eigenvalue weighted by molar-refractivity contribution is 7.99. The van der Waals surface area contributed by atoms with Gasteiger partial charge in [-0.25, -0.2) is 0 Å². The lowest BCUT2D eigenvalue weighted by molar-refractivity contribution is -0.133. The van der Waals surface area contributed by atoms with E-state index in [4.69, 9.17) is 5.11 Å². The topological polar surface area (TPSA) is 88.2 Å². The summed E-state index contributed by atoms with van der Waals surface area (Å²) in [5.41, 5.74) is -0.178. The largest absolute Gasteiger partial charge is 0.481 e. The number of carboxylic acids is 1. The second kappa shape index (κ2) is 4.89. The molecule has 1 heterocycles. The molecule has 0 saturated heterocycles. The molecule has 1 aliphatic rings. The number of aliphatic carboxylic acids is 1. The van der Waals surface area contributed by atoms with Crippen LogP contribution in [0.15, 0.2) is 5.16 Å². The molecular weight excluding hydrogens is 254 g/mol. The second-order valence-electron chi connectivity index (χ2n) is 5.00. The summed E-state index contributed by atoms with van der Waals surface area (Å²) in [7, 11) is 0. The van der Waals surface area contributed by atoms with Gasteiger partial charge in [0.2, 0.25) is 0 Å². The molecule has 0 aliphatic heterocycles. The molecule has 0 bridgehead atoms. The number of aliphatic hydroxyl groups excluding tert-OH is 1. The summed E-state index contributed by atoms with van der Waals surface area (Å²) in [4.78, 5) is 10.6. The second-order valence-corrected chi connectivity index (χ2v) is 5.95. The maximum absolute atomic E-state index is 10.6. The van der Waals surface area contributed by atoms with Gasteiger partial charge < -0.3 is 10.2 Å². The van der Waals surface area contributed by atoms with Crippen LogP contribution < -0.4 is 0 Å². The Morgan fingerprint density at radius 1 is 1.50 bits per heavy atom. The standard InChI is InChI=1S/C11H17N3O3S/c1-11(2,7-3-4-7)14-8(5-15)12-13-10(14)18-6-9(16)17/h7,15H,3-6H2,1-2H3,(H,16,17). The van der Waals surface area contributed by atoms with Crippen molar-refractivity contribution in [2.45, 2.75) is 44.0 Å². The van der Waals surface area contributed by atoms with Crippen molar-refractivity contribution in [2.75, 3.05) is 5.75 Å². The van der Waals surface area contributed by atoms with E-state index in [1.165, 1.54) is 0 Å². The van der Waals surface area contributed by atoms with Gasteiger partial charge >= 0.3 is 5.97 Å². The van der Waals surface area contributed by atoms with Gasteiger partial charge in [0.25, 0.3) is 0 Å². The maximum atomic E-state index is 10.6. The van der Waals surface area contributed by atoms with Crippen molar-refractivity contribution < 1.29 is 15.0 Å². The van der Waals surface area contributed by atoms with Gasteiger partial charge in [0.1, 0.15) is 6.61 Å². The Hall–Kier alpha value is -1.08. The van der Waals surface area contributed by atoms with E-state index in [1.54, 1.807) is 0 Å². The Morgan fingerprint density at radius 2 is 2.17 bits per heavy atom. The van der Waals surface area contributed by atoms with Crippen LogP contribution in [0.3, 0.4) is 0 Å². The van der Waals surface area contributed by atoms with Gasteiger partial charge in [-0.05, 0) is 32.6 Å². The Balaban J connectivity index is 2.29. The van der Waals surface area contributed by atoms with Crippen LogP contribution in [-0.4, -0.2) is 36.7 Å². The fraction of sp³-hybridized carbons (Fsp3) is 0.727. The molecule has 100 valence electrons. The highest BCUT2D eigenvalue weighted by atomic mass is 32.2. The molecule has 0 spiro atoms. The third-order valence-corrected chi connectivity index (χ3v) is 4.23. The SMILES string of the molecule is CC(C)(C1CC1)n1c(CO)nnc1SCC(=O)O. The quantitative estimate of drug-likeness (QED) is 0.753.